The molecule has 0 spiro atoms. The third kappa shape index (κ3) is 4.52. The van der Waals surface area contributed by atoms with Gasteiger partial charge in [-0.1, -0.05) is 18.2 Å². The van der Waals surface area contributed by atoms with Crippen molar-refractivity contribution in [3.63, 3.8) is 0 Å². The Bertz CT molecular complexity index is 1210. The lowest BCUT2D eigenvalue weighted by molar-refractivity contribution is 0.164. The summed E-state index contributed by atoms with van der Waals surface area (Å²) in [5.74, 6) is 1.71. The van der Waals surface area contributed by atoms with E-state index < -0.39 is 5.60 Å². The standard InChI is InChI=1S/C26H28N4OS/c1-26(31)13-4-6-18(10-14-26)7-5-15-28-24-22-20-8-2-3-9-21(20)32-25(22)30-23(29-24)19-11-16-27-17-12-19/h4,6,10-14,16-17,31H,2-3,5,7-9,15H2,1H3,(H,28,29,30). The number of hydrogen-bond acceptors (Lipinski definition) is 6. The monoisotopic (exact) mass is 444 g/mol. The normalized spacial score (nSPS) is 20.1. The molecule has 0 radical (unpaired) electrons. The number of rotatable bonds is 6. The number of allylic oxidation sites excluding steroid dienone is 4. The summed E-state index contributed by atoms with van der Waals surface area (Å²) in [4.78, 5) is 16.6. The van der Waals surface area contributed by atoms with Crippen molar-refractivity contribution in [1.29, 1.82) is 0 Å². The van der Waals surface area contributed by atoms with Gasteiger partial charge in [0.15, 0.2) is 5.82 Å². The second kappa shape index (κ2) is 8.96. The van der Waals surface area contributed by atoms with Crippen LogP contribution in [0.2, 0.25) is 0 Å². The summed E-state index contributed by atoms with van der Waals surface area (Å²) in [6, 6.07) is 3.93. The van der Waals surface area contributed by atoms with Crippen LogP contribution in [-0.2, 0) is 12.8 Å². The molecule has 3 aromatic heterocycles. The van der Waals surface area contributed by atoms with Gasteiger partial charge in [-0.2, -0.15) is 0 Å². The van der Waals surface area contributed by atoms with Gasteiger partial charge < -0.3 is 10.4 Å². The molecule has 6 heteroatoms. The van der Waals surface area contributed by atoms with E-state index in [0.29, 0.717) is 0 Å². The molecule has 32 heavy (non-hydrogen) atoms. The molecule has 0 aromatic carbocycles. The fourth-order valence-corrected chi connectivity index (χ4v) is 5.60. The molecular formula is C26H28N4OS. The van der Waals surface area contributed by atoms with E-state index in [1.165, 1.54) is 34.2 Å². The number of aryl methyl sites for hydroxylation is 2. The lowest BCUT2D eigenvalue weighted by Gasteiger charge is -2.13. The fraction of sp³-hybridized carbons (Fsp3) is 0.346. The molecule has 5 rings (SSSR count). The van der Waals surface area contributed by atoms with Gasteiger partial charge in [-0.25, -0.2) is 9.97 Å². The topological polar surface area (TPSA) is 70.9 Å². The average Bonchev–Trinajstić information content (AvgIpc) is 3.09. The number of anilines is 1. The van der Waals surface area contributed by atoms with Crippen LogP contribution in [0.5, 0.6) is 0 Å². The van der Waals surface area contributed by atoms with Crippen molar-refractivity contribution in [2.75, 3.05) is 11.9 Å². The van der Waals surface area contributed by atoms with Crippen LogP contribution >= 0.6 is 11.3 Å². The molecule has 2 aliphatic rings. The Morgan fingerprint density at radius 2 is 1.97 bits per heavy atom. The lowest BCUT2D eigenvalue weighted by Crippen LogP contribution is -2.15. The number of pyridine rings is 1. The van der Waals surface area contributed by atoms with Crippen LogP contribution < -0.4 is 5.32 Å². The average molecular weight is 445 g/mol. The summed E-state index contributed by atoms with van der Waals surface area (Å²) < 4.78 is 0. The first kappa shape index (κ1) is 21.0. The predicted octanol–water partition coefficient (Wildman–Crippen LogP) is 5.63. The largest absolute Gasteiger partial charge is 0.382 e. The number of nitrogens with one attached hydrogen (secondary N) is 1. The van der Waals surface area contributed by atoms with Crippen LogP contribution in [0.3, 0.4) is 0 Å². The molecule has 2 N–H and O–H groups in total. The minimum absolute atomic E-state index is 0.753. The number of fused-ring (bicyclic) bond motifs is 3. The Kier molecular flexibility index (Phi) is 5.89. The van der Waals surface area contributed by atoms with Crippen LogP contribution in [0.25, 0.3) is 21.6 Å². The van der Waals surface area contributed by atoms with Gasteiger partial charge in [0.1, 0.15) is 10.6 Å². The Morgan fingerprint density at radius 1 is 1.12 bits per heavy atom. The molecular weight excluding hydrogens is 416 g/mol. The molecule has 164 valence electrons. The summed E-state index contributed by atoms with van der Waals surface area (Å²) in [5, 5.41) is 15.0. The van der Waals surface area contributed by atoms with Gasteiger partial charge in [0.2, 0.25) is 0 Å². The summed E-state index contributed by atoms with van der Waals surface area (Å²) in [6.07, 6.45) is 20.0. The number of thiophene rings is 1. The Hall–Kier alpha value is -2.83. The van der Waals surface area contributed by atoms with Crippen molar-refractivity contribution in [2.45, 2.75) is 51.0 Å². The Morgan fingerprint density at radius 3 is 2.84 bits per heavy atom. The highest BCUT2D eigenvalue weighted by Gasteiger charge is 2.21. The van der Waals surface area contributed by atoms with E-state index in [-0.39, 0.29) is 0 Å². The molecule has 0 saturated carbocycles. The molecule has 0 amide bonds. The number of aliphatic hydroxyl groups is 1. The maximum Gasteiger partial charge on any atom is 0.163 e. The van der Waals surface area contributed by atoms with Crippen LogP contribution in [0.4, 0.5) is 5.82 Å². The minimum Gasteiger partial charge on any atom is -0.382 e. The molecule has 0 bridgehead atoms. The third-order valence-electron chi connectivity index (χ3n) is 6.07. The van der Waals surface area contributed by atoms with E-state index >= 15 is 0 Å². The van der Waals surface area contributed by atoms with Crippen molar-refractivity contribution >= 4 is 27.4 Å². The first-order valence-electron chi connectivity index (χ1n) is 11.4. The summed E-state index contributed by atoms with van der Waals surface area (Å²) >= 11 is 1.83. The van der Waals surface area contributed by atoms with Crippen molar-refractivity contribution < 1.29 is 5.11 Å². The Labute approximate surface area is 192 Å². The molecule has 1 unspecified atom stereocenters. The van der Waals surface area contributed by atoms with Crippen molar-refractivity contribution in [2.24, 2.45) is 0 Å². The highest BCUT2D eigenvalue weighted by atomic mass is 32.1. The maximum absolute atomic E-state index is 10.2. The van der Waals surface area contributed by atoms with E-state index in [2.05, 4.69) is 16.4 Å². The predicted molar refractivity (Wildman–Crippen MR) is 132 cm³/mol. The van der Waals surface area contributed by atoms with Gasteiger partial charge in [-0.15, -0.1) is 11.3 Å². The summed E-state index contributed by atoms with van der Waals surface area (Å²) in [5.41, 5.74) is 2.79. The zero-order valence-corrected chi connectivity index (χ0v) is 19.2. The quantitative estimate of drug-likeness (QED) is 0.482. The highest BCUT2D eigenvalue weighted by Crippen LogP contribution is 2.39. The van der Waals surface area contributed by atoms with Crippen LogP contribution in [-0.4, -0.2) is 32.2 Å². The molecule has 3 aromatic rings. The highest BCUT2D eigenvalue weighted by molar-refractivity contribution is 7.19. The first-order chi connectivity index (χ1) is 15.6. The van der Waals surface area contributed by atoms with Crippen molar-refractivity contribution in [3.8, 4) is 11.4 Å². The van der Waals surface area contributed by atoms with Gasteiger partial charge in [0, 0.05) is 29.4 Å². The van der Waals surface area contributed by atoms with Gasteiger partial charge in [-0.3, -0.25) is 4.98 Å². The van der Waals surface area contributed by atoms with E-state index in [1.807, 2.05) is 47.8 Å². The molecule has 3 heterocycles. The van der Waals surface area contributed by atoms with Gasteiger partial charge in [0.05, 0.1) is 11.0 Å². The van der Waals surface area contributed by atoms with Crippen LogP contribution in [0.1, 0.15) is 43.0 Å². The second-order valence-electron chi connectivity index (χ2n) is 8.71. The number of aromatic nitrogens is 3. The number of hydrogen-bond donors (Lipinski definition) is 2. The first-order valence-corrected chi connectivity index (χ1v) is 12.2. The molecule has 1 atom stereocenters. The second-order valence-corrected chi connectivity index (χ2v) is 9.80. The molecule has 0 fully saturated rings. The van der Waals surface area contributed by atoms with E-state index in [9.17, 15) is 5.11 Å². The van der Waals surface area contributed by atoms with Gasteiger partial charge in [-0.05, 0) is 80.9 Å². The zero-order chi connectivity index (χ0) is 22.0. The smallest absolute Gasteiger partial charge is 0.163 e. The summed E-state index contributed by atoms with van der Waals surface area (Å²) in [6.45, 7) is 2.62. The summed E-state index contributed by atoms with van der Waals surface area (Å²) in [7, 11) is 0. The zero-order valence-electron chi connectivity index (χ0n) is 18.3. The molecule has 2 aliphatic carbocycles. The van der Waals surface area contributed by atoms with Gasteiger partial charge in [0.25, 0.3) is 0 Å². The van der Waals surface area contributed by atoms with E-state index in [4.69, 9.17) is 9.97 Å². The molecule has 0 saturated heterocycles. The SMILES string of the molecule is CC1(O)C=CC=C(CCCNc2nc(-c3ccncc3)nc3sc4c(c23)CCCC4)C=C1. The molecule has 0 aliphatic heterocycles. The van der Waals surface area contributed by atoms with Gasteiger partial charge >= 0.3 is 0 Å². The minimum atomic E-state index is -0.871. The van der Waals surface area contributed by atoms with Crippen LogP contribution in [0, 0.1) is 0 Å². The van der Waals surface area contributed by atoms with E-state index in [0.717, 1.165) is 54.3 Å². The maximum atomic E-state index is 10.2. The Balaban J connectivity index is 1.38. The van der Waals surface area contributed by atoms with Crippen LogP contribution in [0.15, 0.2) is 60.5 Å². The number of nitrogens with zero attached hydrogens (tertiary/aromatic N) is 3. The lowest BCUT2D eigenvalue weighted by atomic mass is 9.97. The van der Waals surface area contributed by atoms with Crippen molar-refractivity contribution in [3.05, 3.63) is 70.9 Å². The third-order valence-corrected chi connectivity index (χ3v) is 7.25. The molecule has 5 nitrogen and oxygen atoms in total. The van der Waals surface area contributed by atoms with Crippen molar-refractivity contribution in [1.82, 2.24) is 15.0 Å². The van der Waals surface area contributed by atoms with E-state index in [1.54, 1.807) is 19.3 Å². The fourth-order valence-electron chi connectivity index (χ4n) is 4.33.